The molecule has 1 aromatic rings. The largest absolute Gasteiger partial charge is 0.349 e. The van der Waals surface area contributed by atoms with Gasteiger partial charge >= 0.3 is 0 Å². The summed E-state index contributed by atoms with van der Waals surface area (Å²) in [6, 6.07) is 3.59. The van der Waals surface area contributed by atoms with Gasteiger partial charge in [-0.15, -0.1) is 11.3 Å². The number of nitrogens with one attached hydrogen (secondary N) is 1. The molecule has 19 heavy (non-hydrogen) atoms. The Kier molecular flexibility index (Phi) is 4.53. The van der Waals surface area contributed by atoms with Crippen LogP contribution in [0.1, 0.15) is 30.7 Å². The summed E-state index contributed by atoms with van der Waals surface area (Å²) in [6.07, 6.45) is 0.873. The van der Waals surface area contributed by atoms with Crippen LogP contribution in [-0.2, 0) is 14.6 Å². The predicted molar refractivity (Wildman–Crippen MR) is 77.3 cm³/mol. The molecule has 1 aliphatic rings. The summed E-state index contributed by atoms with van der Waals surface area (Å²) >= 11 is 7.28. The Morgan fingerprint density at radius 1 is 1.58 bits per heavy atom. The summed E-state index contributed by atoms with van der Waals surface area (Å²) in [5.74, 6) is 0.212. The van der Waals surface area contributed by atoms with E-state index in [2.05, 4.69) is 5.32 Å². The summed E-state index contributed by atoms with van der Waals surface area (Å²) in [7, 11) is -2.91. The molecule has 7 heteroatoms. The summed E-state index contributed by atoms with van der Waals surface area (Å²) in [5, 5.41) is 2.88. The molecule has 0 radical (unpaired) electrons. The predicted octanol–water partition coefficient (Wildman–Crippen LogP) is 2.40. The highest BCUT2D eigenvalue weighted by Crippen LogP contribution is 2.27. The zero-order valence-electron chi connectivity index (χ0n) is 10.6. The Labute approximate surface area is 122 Å². The smallest absolute Gasteiger partial charge is 0.220 e. The topological polar surface area (TPSA) is 63.2 Å². The van der Waals surface area contributed by atoms with Gasteiger partial charge in [0.25, 0.3) is 0 Å². The molecular formula is C12H16ClNO3S2. The number of hydrogen-bond acceptors (Lipinski definition) is 4. The molecule has 0 aliphatic carbocycles. The van der Waals surface area contributed by atoms with Crippen molar-refractivity contribution in [1.29, 1.82) is 0 Å². The Hall–Kier alpha value is -0.590. The first-order chi connectivity index (χ1) is 8.85. The van der Waals surface area contributed by atoms with Crippen LogP contribution in [-0.4, -0.2) is 25.8 Å². The van der Waals surface area contributed by atoms with Crippen LogP contribution in [0.25, 0.3) is 0 Å². The maximum Gasteiger partial charge on any atom is 0.220 e. The van der Waals surface area contributed by atoms with Gasteiger partial charge in [0.15, 0.2) is 9.84 Å². The van der Waals surface area contributed by atoms with Gasteiger partial charge in [0.2, 0.25) is 5.91 Å². The molecule has 0 spiro atoms. The molecule has 1 saturated heterocycles. The fraction of sp³-hybridized carbons (Fsp3) is 0.583. The molecule has 1 aromatic heterocycles. The summed E-state index contributed by atoms with van der Waals surface area (Å²) < 4.78 is 23.3. The molecule has 2 rings (SSSR count). The number of halogens is 1. The van der Waals surface area contributed by atoms with Crippen molar-refractivity contribution in [3.63, 3.8) is 0 Å². The molecule has 1 amide bonds. The van der Waals surface area contributed by atoms with Crippen molar-refractivity contribution in [2.75, 3.05) is 11.5 Å². The van der Waals surface area contributed by atoms with E-state index >= 15 is 0 Å². The summed E-state index contributed by atoms with van der Waals surface area (Å²) in [5.41, 5.74) is 0. The van der Waals surface area contributed by atoms with Gasteiger partial charge in [0.1, 0.15) is 0 Å². The highest BCUT2D eigenvalue weighted by atomic mass is 35.5. The highest BCUT2D eigenvalue weighted by molar-refractivity contribution is 7.91. The van der Waals surface area contributed by atoms with Crippen molar-refractivity contribution in [3.8, 4) is 0 Å². The van der Waals surface area contributed by atoms with Crippen LogP contribution in [0.3, 0.4) is 0 Å². The molecule has 0 saturated carbocycles. The number of rotatable bonds is 4. The maximum atomic E-state index is 11.9. The van der Waals surface area contributed by atoms with E-state index in [0.29, 0.717) is 10.8 Å². The van der Waals surface area contributed by atoms with Gasteiger partial charge in [-0.1, -0.05) is 11.6 Å². The van der Waals surface area contributed by atoms with Crippen molar-refractivity contribution in [2.45, 2.75) is 25.8 Å². The minimum Gasteiger partial charge on any atom is -0.349 e. The Bertz CT molecular complexity index is 567. The highest BCUT2D eigenvalue weighted by Gasteiger charge is 2.29. The van der Waals surface area contributed by atoms with Crippen LogP contribution >= 0.6 is 22.9 Å². The zero-order chi connectivity index (χ0) is 14.0. The Balaban J connectivity index is 1.85. The van der Waals surface area contributed by atoms with Crippen LogP contribution in [0, 0.1) is 5.92 Å². The van der Waals surface area contributed by atoms with Gasteiger partial charge in [-0.2, -0.15) is 0 Å². The van der Waals surface area contributed by atoms with Crippen LogP contribution in [0.5, 0.6) is 0 Å². The molecular weight excluding hydrogens is 306 g/mol. The number of thiophene rings is 1. The van der Waals surface area contributed by atoms with Crippen molar-refractivity contribution >= 4 is 38.7 Å². The molecule has 0 bridgehead atoms. The normalized spacial score (nSPS) is 23.2. The zero-order valence-corrected chi connectivity index (χ0v) is 12.9. The third-order valence-electron chi connectivity index (χ3n) is 3.20. The minimum absolute atomic E-state index is 0.0378. The monoisotopic (exact) mass is 321 g/mol. The average molecular weight is 322 g/mol. The molecule has 1 fully saturated rings. The third kappa shape index (κ3) is 4.19. The summed E-state index contributed by atoms with van der Waals surface area (Å²) in [4.78, 5) is 12.9. The average Bonchev–Trinajstić information content (AvgIpc) is 2.85. The van der Waals surface area contributed by atoms with E-state index in [4.69, 9.17) is 11.6 Å². The number of amides is 1. The molecule has 1 aliphatic heterocycles. The number of sulfone groups is 1. The fourth-order valence-corrected chi connectivity index (χ4v) is 5.15. The second kappa shape index (κ2) is 5.81. The van der Waals surface area contributed by atoms with Gasteiger partial charge in [-0.25, -0.2) is 8.42 Å². The van der Waals surface area contributed by atoms with E-state index in [1.54, 1.807) is 6.07 Å². The van der Waals surface area contributed by atoms with E-state index in [9.17, 15) is 13.2 Å². The van der Waals surface area contributed by atoms with E-state index < -0.39 is 9.84 Å². The second-order valence-electron chi connectivity index (χ2n) is 4.90. The quantitative estimate of drug-likeness (QED) is 0.926. The lowest BCUT2D eigenvalue weighted by Crippen LogP contribution is -2.28. The standard InChI is InChI=1S/C12H16ClNO3S2/c1-8(10-2-3-11(13)18-10)14-12(15)6-9-4-5-19(16,17)7-9/h2-3,8-9H,4-7H2,1H3,(H,14,15)/t8-,9-/m0/s1. The second-order valence-corrected chi connectivity index (χ2v) is 8.88. The number of hydrogen-bond donors (Lipinski definition) is 1. The van der Waals surface area contributed by atoms with Crippen LogP contribution < -0.4 is 5.32 Å². The van der Waals surface area contributed by atoms with E-state index in [0.717, 1.165) is 4.88 Å². The van der Waals surface area contributed by atoms with E-state index in [1.165, 1.54) is 11.3 Å². The first-order valence-corrected chi connectivity index (χ1v) is 9.12. The van der Waals surface area contributed by atoms with Crippen LogP contribution in [0.15, 0.2) is 12.1 Å². The molecule has 106 valence electrons. The van der Waals surface area contributed by atoms with Crippen LogP contribution in [0.4, 0.5) is 0 Å². The van der Waals surface area contributed by atoms with Gasteiger partial charge in [0, 0.05) is 11.3 Å². The lowest BCUT2D eigenvalue weighted by molar-refractivity contribution is -0.122. The molecule has 1 N–H and O–H groups in total. The van der Waals surface area contributed by atoms with Crippen molar-refractivity contribution < 1.29 is 13.2 Å². The molecule has 0 aromatic carbocycles. The van der Waals surface area contributed by atoms with Crippen molar-refractivity contribution in [1.82, 2.24) is 5.32 Å². The number of carbonyl (C=O) groups is 1. The van der Waals surface area contributed by atoms with Crippen LogP contribution in [0.2, 0.25) is 4.34 Å². The number of carbonyl (C=O) groups excluding carboxylic acids is 1. The lowest BCUT2D eigenvalue weighted by atomic mass is 10.0. The molecule has 0 unspecified atom stereocenters. The maximum absolute atomic E-state index is 11.9. The van der Waals surface area contributed by atoms with Crippen molar-refractivity contribution in [3.05, 3.63) is 21.3 Å². The molecule has 4 nitrogen and oxygen atoms in total. The first kappa shape index (κ1) is 14.8. The third-order valence-corrected chi connectivity index (χ3v) is 6.45. The fourth-order valence-electron chi connectivity index (χ4n) is 2.23. The molecule has 2 atom stereocenters. The van der Waals surface area contributed by atoms with Crippen molar-refractivity contribution in [2.24, 2.45) is 5.92 Å². The van der Waals surface area contributed by atoms with Gasteiger partial charge < -0.3 is 5.32 Å². The SMILES string of the molecule is C[C@H](NC(=O)C[C@@H]1CCS(=O)(=O)C1)c1ccc(Cl)s1. The van der Waals surface area contributed by atoms with Gasteiger partial charge in [0.05, 0.1) is 21.9 Å². The Morgan fingerprint density at radius 2 is 2.32 bits per heavy atom. The van der Waals surface area contributed by atoms with Gasteiger partial charge in [-0.3, -0.25) is 4.79 Å². The lowest BCUT2D eigenvalue weighted by Gasteiger charge is -2.14. The minimum atomic E-state index is -2.91. The van der Waals surface area contributed by atoms with E-state index in [1.807, 2.05) is 13.0 Å². The van der Waals surface area contributed by atoms with Gasteiger partial charge in [-0.05, 0) is 31.4 Å². The molecule has 2 heterocycles. The summed E-state index contributed by atoms with van der Waals surface area (Å²) in [6.45, 7) is 1.89. The van der Waals surface area contributed by atoms with E-state index in [-0.39, 0.29) is 35.8 Å². The Morgan fingerprint density at radius 3 is 2.84 bits per heavy atom. The first-order valence-electron chi connectivity index (χ1n) is 6.11.